The molecule has 6 nitrogen and oxygen atoms in total. The van der Waals surface area contributed by atoms with Crippen LogP contribution in [-0.2, 0) is 6.18 Å². The molecule has 0 spiro atoms. The molecule has 1 amide bonds. The Kier molecular flexibility index (Phi) is 6.04. The highest BCUT2D eigenvalue weighted by Crippen LogP contribution is 2.30. The number of aromatic nitrogens is 2. The lowest BCUT2D eigenvalue weighted by atomic mass is 10.2. The van der Waals surface area contributed by atoms with E-state index in [1.165, 1.54) is 31.5 Å². The van der Waals surface area contributed by atoms with E-state index in [0.717, 1.165) is 4.68 Å². The fourth-order valence-corrected chi connectivity index (χ4v) is 2.29. The van der Waals surface area contributed by atoms with Gasteiger partial charge in [-0.25, -0.2) is 4.68 Å². The normalized spacial score (nSPS) is 12.6. The summed E-state index contributed by atoms with van der Waals surface area (Å²) in [4.78, 5) is 16.3. The number of carbonyl (C=O) groups excluding carboxylic acids is 1. The van der Waals surface area contributed by atoms with Gasteiger partial charge < -0.3 is 11.1 Å². The molecule has 0 aliphatic heterocycles. The second-order valence-corrected chi connectivity index (χ2v) is 5.44. The number of nitrogens with one attached hydrogen (secondary N) is 1. The van der Waals surface area contributed by atoms with Crippen LogP contribution in [0.1, 0.15) is 16.2 Å². The van der Waals surface area contributed by atoms with Gasteiger partial charge in [-0.15, -0.1) is 0 Å². The number of halogens is 4. The van der Waals surface area contributed by atoms with Gasteiger partial charge in [0.05, 0.1) is 23.0 Å². The molecule has 0 fully saturated rings. The van der Waals surface area contributed by atoms with Crippen LogP contribution in [-0.4, -0.2) is 35.0 Å². The SMILES string of the molecule is C/N=C(\C=C/N)CNC(=O)c1cc(C(F)(F)F)nn1-c1ccccc1Cl. The van der Waals surface area contributed by atoms with Crippen LogP contribution in [0.3, 0.4) is 0 Å². The maximum atomic E-state index is 13.0. The molecule has 3 N–H and O–H groups in total. The van der Waals surface area contributed by atoms with Crippen LogP contribution in [0.2, 0.25) is 5.02 Å². The van der Waals surface area contributed by atoms with Gasteiger partial charge >= 0.3 is 6.18 Å². The monoisotopic (exact) mass is 385 g/mol. The van der Waals surface area contributed by atoms with Gasteiger partial charge in [0.25, 0.3) is 5.91 Å². The summed E-state index contributed by atoms with van der Waals surface area (Å²) in [6.45, 7) is -0.0158. The molecule has 1 aromatic heterocycles. The fourth-order valence-electron chi connectivity index (χ4n) is 2.07. The standard InChI is InChI=1S/C16H15ClF3N5O/c1-22-10(6-7-21)9-23-15(26)13-8-14(16(18,19)20)24-25(13)12-5-3-2-4-11(12)17/h2-8H,9,21H2,1H3,(H,23,26)/b7-6-,22-10+. The van der Waals surface area contributed by atoms with E-state index in [2.05, 4.69) is 15.4 Å². The van der Waals surface area contributed by atoms with Gasteiger partial charge in [0, 0.05) is 13.1 Å². The number of hydrogen-bond acceptors (Lipinski definition) is 4. The highest BCUT2D eigenvalue weighted by molar-refractivity contribution is 6.32. The van der Waals surface area contributed by atoms with Gasteiger partial charge in [0.1, 0.15) is 5.69 Å². The van der Waals surface area contributed by atoms with Crippen molar-refractivity contribution in [3.63, 3.8) is 0 Å². The van der Waals surface area contributed by atoms with Crippen molar-refractivity contribution in [3.05, 3.63) is 59.0 Å². The zero-order valence-corrected chi connectivity index (χ0v) is 14.3. The third-order valence-electron chi connectivity index (χ3n) is 3.32. The molecule has 26 heavy (non-hydrogen) atoms. The quantitative estimate of drug-likeness (QED) is 0.776. The number of nitrogens with two attached hydrogens (primary N) is 1. The van der Waals surface area contributed by atoms with Crippen molar-refractivity contribution in [1.29, 1.82) is 0 Å². The summed E-state index contributed by atoms with van der Waals surface area (Å²) in [7, 11) is 1.50. The van der Waals surface area contributed by atoms with E-state index in [1.54, 1.807) is 12.1 Å². The number of benzene rings is 1. The van der Waals surface area contributed by atoms with E-state index in [-0.39, 0.29) is 22.9 Å². The highest BCUT2D eigenvalue weighted by Gasteiger charge is 2.36. The summed E-state index contributed by atoms with van der Waals surface area (Å²) in [6, 6.07) is 6.80. The van der Waals surface area contributed by atoms with Crippen molar-refractivity contribution in [1.82, 2.24) is 15.1 Å². The van der Waals surface area contributed by atoms with E-state index in [0.29, 0.717) is 11.8 Å². The maximum absolute atomic E-state index is 13.0. The van der Waals surface area contributed by atoms with Crippen molar-refractivity contribution >= 4 is 23.2 Å². The third-order valence-corrected chi connectivity index (χ3v) is 3.64. The van der Waals surface area contributed by atoms with Gasteiger partial charge in [0.15, 0.2) is 5.69 Å². The van der Waals surface area contributed by atoms with Crippen LogP contribution in [0, 0.1) is 0 Å². The van der Waals surface area contributed by atoms with Crippen molar-refractivity contribution < 1.29 is 18.0 Å². The van der Waals surface area contributed by atoms with E-state index in [9.17, 15) is 18.0 Å². The third kappa shape index (κ3) is 4.42. The van der Waals surface area contributed by atoms with Gasteiger partial charge in [-0.3, -0.25) is 9.79 Å². The molecule has 0 atom stereocenters. The lowest BCUT2D eigenvalue weighted by Gasteiger charge is -2.09. The van der Waals surface area contributed by atoms with Crippen LogP contribution < -0.4 is 11.1 Å². The zero-order chi connectivity index (χ0) is 19.3. The first-order valence-corrected chi connectivity index (χ1v) is 7.70. The van der Waals surface area contributed by atoms with E-state index < -0.39 is 17.8 Å². The summed E-state index contributed by atoms with van der Waals surface area (Å²) in [5.74, 6) is -0.764. The molecule has 0 aliphatic carbocycles. The minimum Gasteiger partial charge on any atom is -0.405 e. The number of alkyl halides is 3. The molecule has 1 aromatic carbocycles. The lowest BCUT2D eigenvalue weighted by Crippen LogP contribution is -2.30. The van der Waals surface area contributed by atoms with Crippen LogP contribution in [0.25, 0.3) is 5.69 Å². The number of amides is 1. The zero-order valence-electron chi connectivity index (χ0n) is 13.6. The van der Waals surface area contributed by atoms with Gasteiger partial charge in [-0.05, 0) is 24.4 Å². The van der Waals surface area contributed by atoms with E-state index >= 15 is 0 Å². The maximum Gasteiger partial charge on any atom is 0.435 e. The molecule has 2 aromatic rings. The Morgan fingerprint density at radius 2 is 2.12 bits per heavy atom. The average molecular weight is 386 g/mol. The first-order chi connectivity index (χ1) is 12.3. The lowest BCUT2D eigenvalue weighted by molar-refractivity contribution is -0.141. The molecule has 0 saturated heterocycles. The smallest absolute Gasteiger partial charge is 0.405 e. The molecule has 138 valence electrons. The molecule has 0 aliphatic rings. The predicted molar refractivity (Wildman–Crippen MR) is 92.6 cm³/mol. The highest BCUT2D eigenvalue weighted by atomic mass is 35.5. The molecule has 0 unspecified atom stereocenters. The van der Waals surface area contributed by atoms with Crippen molar-refractivity contribution in [3.8, 4) is 5.69 Å². The Morgan fingerprint density at radius 3 is 2.69 bits per heavy atom. The number of carbonyl (C=O) groups is 1. The minimum atomic E-state index is -4.71. The van der Waals surface area contributed by atoms with E-state index in [1.807, 2.05) is 0 Å². The molecule has 1 heterocycles. The molecule has 2 rings (SSSR count). The molecule has 10 heteroatoms. The minimum absolute atomic E-state index is 0.0158. The molecule has 0 radical (unpaired) electrons. The van der Waals surface area contributed by atoms with Crippen molar-refractivity contribution in [2.24, 2.45) is 10.7 Å². The second-order valence-electron chi connectivity index (χ2n) is 5.03. The first kappa shape index (κ1) is 19.5. The van der Waals surface area contributed by atoms with Crippen LogP contribution in [0.5, 0.6) is 0 Å². The number of para-hydroxylation sites is 1. The molecule has 0 bridgehead atoms. The second kappa shape index (κ2) is 8.05. The first-order valence-electron chi connectivity index (χ1n) is 7.32. The van der Waals surface area contributed by atoms with Gasteiger partial charge in [-0.2, -0.15) is 18.3 Å². The summed E-state index contributed by atoms with van der Waals surface area (Å²) in [6.07, 6.45) is -2.00. The Labute approximate surface area is 152 Å². The summed E-state index contributed by atoms with van der Waals surface area (Å²) < 4.78 is 40.0. The Hall–Kier alpha value is -2.81. The van der Waals surface area contributed by atoms with Gasteiger partial charge in [-0.1, -0.05) is 23.7 Å². The Morgan fingerprint density at radius 1 is 1.42 bits per heavy atom. The predicted octanol–water partition coefficient (Wildman–Crippen LogP) is 2.82. The van der Waals surface area contributed by atoms with E-state index in [4.69, 9.17) is 17.3 Å². The summed E-state index contributed by atoms with van der Waals surface area (Å²) >= 11 is 6.03. The van der Waals surface area contributed by atoms with Gasteiger partial charge in [0.2, 0.25) is 0 Å². The topological polar surface area (TPSA) is 85.3 Å². The molecular formula is C16H15ClF3N5O. The number of aliphatic imine (C=N–C) groups is 1. The number of rotatable bonds is 5. The summed E-state index contributed by atoms with van der Waals surface area (Å²) in [5.41, 5.74) is 4.35. The van der Waals surface area contributed by atoms with Crippen molar-refractivity contribution in [2.45, 2.75) is 6.18 Å². The van der Waals surface area contributed by atoms with Crippen LogP contribution in [0.15, 0.2) is 47.6 Å². The average Bonchev–Trinajstić information content (AvgIpc) is 3.04. The van der Waals surface area contributed by atoms with Crippen molar-refractivity contribution in [2.75, 3.05) is 13.6 Å². The molecule has 0 saturated carbocycles. The summed E-state index contributed by atoms with van der Waals surface area (Å²) in [5, 5.41) is 6.13. The Balaban J connectivity index is 2.42. The largest absolute Gasteiger partial charge is 0.435 e. The Bertz CT molecular complexity index is 858. The fraction of sp³-hybridized carbons (Fsp3) is 0.188. The van der Waals surface area contributed by atoms with Crippen LogP contribution >= 0.6 is 11.6 Å². The molecular weight excluding hydrogens is 371 g/mol. The number of hydrogen-bond donors (Lipinski definition) is 2. The van der Waals surface area contributed by atoms with Crippen LogP contribution in [0.4, 0.5) is 13.2 Å². The number of nitrogens with zero attached hydrogens (tertiary/aromatic N) is 3.